The maximum Gasteiger partial charge on any atom is 0.271 e. The van der Waals surface area contributed by atoms with Gasteiger partial charge in [-0.05, 0) is 87.4 Å². The number of anilines is 2. The third-order valence-corrected chi connectivity index (χ3v) is 7.00. The van der Waals surface area contributed by atoms with Gasteiger partial charge in [-0.15, -0.1) is 11.3 Å². The van der Waals surface area contributed by atoms with Crippen molar-refractivity contribution >= 4 is 72.8 Å². The van der Waals surface area contributed by atoms with Crippen LogP contribution in [0, 0.1) is 10.5 Å². The summed E-state index contributed by atoms with van der Waals surface area (Å²) in [6.45, 7) is 2.06. The SMILES string of the molecule is COc1c(Br)cc(/C=N\NC(=O)c2ccc(-c3csc(Nc4ccc(C)cc4)n3)cc2)cc1I. The van der Waals surface area contributed by atoms with Crippen molar-refractivity contribution in [3.05, 3.63) is 90.8 Å². The predicted octanol–water partition coefficient (Wildman–Crippen LogP) is 7.00. The molecule has 0 spiro atoms. The third-order valence-electron chi connectivity index (χ3n) is 4.85. The highest BCUT2D eigenvalue weighted by molar-refractivity contribution is 14.1. The van der Waals surface area contributed by atoms with Crippen LogP contribution in [-0.4, -0.2) is 24.2 Å². The Morgan fingerprint density at radius 3 is 2.56 bits per heavy atom. The Balaban J connectivity index is 1.38. The summed E-state index contributed by atoms with van der Waals surface area (Å²) in [7, 11) is 1.62. The van der Waals surface area contributed by atoms with E-state index in [0.29, 0.717) is 5.56 Å². The summed E-state index contributed by atoms with van der Waals surface area (Å²) in [6.07, 6.45) is 1.59. The van der Waals surface area contributed by atoms with Gasteiger partial charge in [0.1, 0.15) is 5.75 Å². The van der Waals surface area contributed by atoms with E-state index in [9.17, 15) is 4.79 Å². The summed E-state index contributed by atoms with van der Waals surface area (Å²) in [5.41, 5.74) is 7.92. The molecule has 3 aromatic carbocycles. The smallest absolute Gasteiger partial charge is 0.271 e. The summed E-state index contributed by atoms with van der Waals surface area (Å²) in [4.78, 5) is 17.1. The molecule has 0 bridgehead atoms. The summed E-state index contributed by atoms with van der Waals surface area (Å²) in [5, 5.41) is 10.2. The highest BCUT2D eigenvalue weighted by atomic mass is 127. The van der Waals surface area contributed by atoms with Gasteiger partial charge < -0.3 is 10.1 Å². The van der Waals surface area contributed by atoms with Gasteiger partial charge in [0.05, 0.1) is 27.1 Å². The molecule has 1 amide bonds. The molecule has 0 aliphatic rings. The fraction of sp³-hybridized carbons (Fsp3) is 0.0800. The number of methoxy groups -OCH3 is 1. The van der Waals surface area contributed by atoms with Crippen molar-refractivity contribution in [2.75, 3.05) is 12.4 Å². The number of nitrogens with one attached hydrogen (secondary N) is 2. The van der Waals surface area contributed by atoms with Crippen LogP contribution in [0.2, 0.25) is 0 Å². The molecule has 34 heavy (non-hydrogen) atoms. The van der Waals surface area contributed by atoms with Crippen LogP contribution in [0.5, 0.6) is 5.75 Å². The van der Waals surface area contributed by atoms with Crippen molar-refractivity contribution in [2.24, 2.45) is 5.10 Å². The number of benzene rings is 3. The number of hydrogen-bond donors (Lipinski definition) is 2. The van der Waals surface area contributed by atoms with Gasteiger partial charge in [0.15, 0.2) is 5.13 Å². The Labute approximate surface area is 223 Å². The second-order valence-corrected chi connectivity index (χ2v) is 10.2. The number of carbonyl (C=O) groups excluding carboxylic acids is 1. The number of aryl methyl sites for hydroxylation is 1. The maximum absolute atomic E-state index is 12.5. The van der Waals surface area contributed by atoms with E-state index in [-0.39, 0.29) is 5.91 Å². The average molecular weight is 647 g/mol. The fourth-order valence-electron chi connectivity index (χ4n) is 3.10. The Bertz CT molecular complexity index is 1320. The zero-order valence-corrected chi connectivity index (χ0v) is 22.9. The number of rotatable bonds is 7. The lowest BCUT2D eigenvalue weighted by atomic mass is 10.1. The second kappa shape index (κ2) is 11.1. The molecule has 1 heterocycles. The fourth-order valence-corrected chi connectivity index (χ4v) is 5.72. The first-order valence-electron chi connectivity index (χ1n) is 10.2. The molecule has 9 heteroatoms. The van der Waals surface area contributed by atoms with Crippen molar-refractivity contribution < 1.29 is 9.53 Å². The molecule has 0 radical (unpaired) electrons. The van der Waals surface area contributed by atoms with Crippen molar-refractivity contribution in [3.63, 3.8) is 0 Å². The summed E-state index contributed by atoms with van der Waals surface area (Å²) in [5.74, 6) is 0.477. The first-order valence-corrected chi connectivity index (χ1v) is 12.9. The first kappa shape index (κ1) is 24.4. The molecule has 0 unspecified atom stereocenters. The van der Waals surface area contributed by atoms with Crippen LogP contribution in [0.25, 0.3) is 11.3 Å². The van der Waals surface area contributed by atoms with Crippen LogP contribution < -0.4 is 15.5 Å². The van der Waals surface area contributed by atoms with E-state index < -0.39 is 0 Å². The zero-order valence-electron chi connectivity index (χ0n) is 18.3. The molecular weight excluding hydrogens is 627 g/mol. The number of aromatic nitrogens is 1. The molecule has 0 aliphatic carbocycles. The highest BCUT2D eigenvalue weighted by Gasteiger charge is 2.09. The molecule has 0 atom stereocenters. The zero-order chi connectivity index (χ0) is 24.1. The minimum Gasteiger partial charge on any atom is -0.494 e. The maximum atomic E-state index is 12.5. The Kier molecular flexibility index (Phi) is 7.96. The van der Waals surface area contributed by atoms with Gasteiger partial charge in [0.2, 0.25) is 0 Å². The summed E-state index contributed by atoms with van der Waals surface area (Å²) in [6, 6.07) is 19.3. The van der Waals surface area contributed by atoms with Crippen molar-refractivity contribution in [1.29, 1.82) is 0 Å². The molecule has 172 valence electrons. The van der Waals surface area contributed by atoms with Crippen molar-refractivity contribution in [1.82, 2.24) is 10.4 Å². The molecule has 6 nitrogen and oxygen atoms in total. The van der Waals surface area contributed by atoms with Gasteiger partial charge in [-0.25, -0.2) is 10.4 Å². The number of ether oxygens (including phenoxy) is 1. The van der Waals surface area contributed by atoms with Gasteiger partial charge in [-0.1, -0.05) is 29.8 Å². The Hall–Kier alpha value is -2.76. The molecule has 4 aromatic rings. The number of nitrogens with zero attached hydrogens (tertiary/aromatic N) is 2. The Morgan fingerprint density at radius 2 is 1.88 bits per heavy atom. The van der Waals surface area contributed by atoms with Crippen LogP contribution in [0.15, 0.2) is 75.6 Å². The monoisotopic (exact) mass is 646 g/mol. The molecule has 0 saturated heterocycles. The number of hydrazone groups is 1. The van der Waals surface area contributed by atoms with E-state index in [4.69, 9.17) is 4.74 Å². The number of hydrogen-bond acceptors (Lipinski definition) is 6. The van der Waals surface area contributed by atoms with E-state index in [1.807, 2.05) is 41.8 Å². The molecule has 1 aromatic heterocycles. The van der Waals surface area contributed by atoms with E-state index >= 15 is 0 Å². The minimum atomic E-state index is -0.287. The number of carbonyl (C=O) groups is 1. The third kappa shape index (κ3) is 6.02. The van der Waals surface area contributed by atoms with E-state index in [0.717, 1.165) is 41.4 Å². The molecule has 0 aliphatic heterocycles. The number of thiazole rings is 1. The minimum absolute atomic E-state index is 0.287. The first-order chi connectivity index (χ1) is 16.4. The van der Waals surface area contributed by atoms with Crippen molar-refractivity contribution in [2.45, 2.75) is 6.92 Å². The number of amides is 1. The van der Waals surface area contributed by atoms with Crippen LogP contribution in [0.3, 0.4) is 0 Å². The standard InChI is InChI=1S/C25H20BrIN4O2S/c1-15-3-9-19(10-4-15)29-25-30-22(14-34-25)17-5-7-18(8-6-17)24(32)31-28-13-16-11-20(26)23(33-2)21(27)12-16/h3-14H,1-2H3,(H,29,30)(H,31,32)/b28-13-. The van der Waals surface area contributed by atoms with E-state index in [1.165, 1.54) is 16.9 Å². The lowest BCUT2D eigenvalue weighted by Crippen LogP contribution is -2.17. The predicted molar refractivity (Wildman–Crippen MR) is 150 cm³/mol. The van der Waals surface area contributed by atoms with Crippen LogP contribution in [0.4, 0.5) is 10.8 Å². The van der Waals surface area contributed by atoms with Crippen LogP contribution in [0.1, 0.15) is 21.5 Å². The van der Waals surface area contributed by atoms with Gasteiger partial charge in [0.25, 0.3) is 5.91 Å². The highest BCUT2D eigenvalue weighted by Crippen LogP contribution is 2.31. The summed E-state index contributed by atoms with van der Waals surface area (Å²) < 4.78 is 7.09. The lowest BCUT2D eigenvalue weighted by Gasteiger charge is -2.07. The molecule has 2 N–H and O–H groups in total. The Morgan fingerprint density at radius 1 is 1.15 bits per heavy atom. The van der Waals surface area contributed by atoms with Gasteiger partial charge >= 0.3 is 0 Å². The van der Waals surface area contributed by atoms with Gasteiger partial charge in [-0.2, -0.15) is 5.10 Å². The molecular formula is C25H20BrIN4O2S. The molecule has 0 fully saturated rings. The normalized spacial score (nSPS) is 10.9. The number of halogens is 2. The topological polar surface area (TPSA) is 75.6 Å². The molecule has 4 rings (SSSR count). The second-order valence-electron chi connectivity index (χ2n) is 7.32. The van der Waals surface area contributed by atoms with E-state index in [1.54, 1.807) is 25.5 Å². The quantitative estimate of drug-likeness (QED) is 0.129. The van der Waals surface area contributed by atoms with E-state index in [2.05, 4.69) is 78.4 Å². The van der Waals surface area contributed by atoms with Crippen molar-refractivity contribution in [3.8, 4) is 17.0 Å². The van der Waals surface area contributed by atoms with Gasteiger partial charge in [0, 0.05) is 22.2 Å². The lowest BCUT2D eigenvalue weighted by molar-refractivity contribution is 0.0955. The summed E-state index contributed by atoms with van der Waals surface area (Å²) >= 11 is 7.20. The molecule has 0 saturated carbocycles. The largest absolute Gasteiger partial charge is 0.494 e. The van der Waals surface area contributed by atoms with Crippen LogP contribution in [-0.2, 0) is 0 Å². The van der Waals surface area contributed by atoms with Crippen LogP contribution >= 0.6 is 49.9 Å². The average Bonchev–Trinajstić information content (AvgIpc) is 3.29. The van der Waals surface area contributed by atoms with Gasteiger partial charge in [-0.3, -0.25) is 4.79 Å².